The van der Waals surface area contributed by atoms with E-state index in [0.717, 1.165) is 37.9 Å². The molecule has 0 aromatic heterocycles. The van der Waals surface area contributed by atoms with Crippen molar-refractivity contribution in [1.29, 1.82) is 0 Å². The van der Waals surface area contributed by atoms with Crippen LogP contribution in [-0.4, -0.2) is 36.4 Å². The van der Waals surface area contributed by atoms with Gasteiger partial charge < -0.3 is 15.0 Å². The summed E-state index contributed by atoms with van der Waals surface area (Å²) in [6.45, 7) is 7.34. The molecule has 1 saturated heterocycles. The summed E-state index contributed by atoms with van der Waals surface area (Å²) in [6.07, 6.45) is 5.71. The van der Waals surface area contributed by atoms with Crippen LogP contribution in [0, 0.1) is 0 Å². The third kappa shape index (κ3) is 5.62. The molecule has 2 amide bonds. The van der Waals surface area contributed by atoms with Gasteiger partial charge in [-0.25, -0.2) is 0 Å². The Labute approximate surface area is 150 Å². The molecule has 1 N–H and O–H groups in total. The molecule has 0 spiro atoms. The monoisotopic (exact) mass is 344 g/mol. The number of carbonyl (C=O) groups excluding carboxylic acids is 2. The summed E-state index contributed by atoms with van der Waals surface area (Å²) in [4.78, 5) is 26.1. The summed E-state index contributed by atoms with van der Waals surface area (Å²) < 4.78 is 5.80. The average Bonchev–Trinajstić information content (AvgIpc) is 3.17. The van der Waals surface area contributed by atoms with Crippen molar-refractivity contribution in [3.05, 3.63) is 42.5 Å². The first-order valence-corrected chi connectivity index (χ1v) is 9.05. The van der Waals surface area contributed by atoms with Gasteiger partial charge in [0.25, 0.3) is 5.91 Å². The maximum atomic E-state index is 12.2. The second-order valence-corrected chi connectivity index (χ2v) is 6.27. The highest BCUT2D eigenvalue weighted by molar-refractivity contribution is 5.78. The van der Waals surface area contributed by atoms with E-state index in [1.807, 2.05) is 36.1 Å². The molecule has 0 saturated carbocycles. The molecular weight excluding hydrogens is 316 g/mol. The van der Waals surface area contributed by atoms with Crippen molar-refractivity contribution in [2.75, 3.05) is 19.7 Å². The first-order valence-electron chi connectivity index (χ1n) is 9.05. The smallest absolute Gasteiger partial charge is 0.260 e. The number of hydrogen-bond acceptors (Lipinski definition) is 3. The molecule has 1 aliphatic heterocycles. The molecule has 1 atom stereocenters. The van der Waals surface area contributed by atoms with Gasteiger partial charge in [0, 0.05) is 25.1 Å². The third-order valence-corrected chi connectivity index (χ3v) is 4.42. The van der Waals surface area contributed by atoms with Crippen LogP contribution in [0.1, 0.15) is 50.6 Å². The van der Waals surface area contributed by atoms with Crippen molar-refractivity contribution in [2.45, 2.75) is 45.1 Å². The molecule has 25 heavy (non-hydrogen) atoms. The van der Waals surface area contributed by atoms with E-state index in [0.29, 0.717) is 18.6 Å². The highest BCUT2D eigenvalue weighted by Gasteiger charge is 2.20. The van der Waals surface area contributed by atoms with Crippen LogP contribution in [0.5, 0.6) is 5.75 Å². The molecule has 0 aliphatic carbocycles. The number of rotatable bonds is 9. The van der Waals surface area contributed by atoms with Gasteiger partial charge in [0.2, 0.25) is 5.91 Å². The minimum absolute atomic E-state index is 0.00491. The Bertz CT molecular complexity index is 594. The molecular formula is C20H28N2O3. The van der Waals surface area contributed by atoms with Gasteiger partial charge in [-0.3, -0.25) is 9.59 Å². The lowest BCUT2D eigenvalue weighted by atomic mass is 10.0. The second-order valence-electron chi connectivity index (χ2n) is 6.27. The minimum atomic E-state index is -0.129. The van der Waals surface area contributed by atoms with Gasteiger partial charge in [-0.15, -0.1) is 6.58 Å². The van der Waals surface area contributed by atoms with E-state index in [-0.39, 0.29) is 24.5 Å². The maximum Gasteiger partial charge on any atom is 0.260 e. The van der Waals surface area contributed by atoms with Crippen molar-refractivity contribution >= 4 is 11.8 Å². The maximum absolute atomic E-state index is 12.2. The van der Waals surface area contributed by atoms with Gasteiger partial charge >= 0.3 is 0 Å². The fraction of sp³-hybridized carbons (Fsp3) is 0.500. The zero-order chi connectivity index (χ0) is 18.1. The standard InChI is InChI=1S/C20H28N2O3/c1-3-5-12-19(23)21-17(4-2)16-10-6-7-11-18(16)25-15-20(24)22-13-8-9-14-22/h3,6-7,10-11,17H,1,4-5,8-9,12-15H2,2H3,(H,21,23)/t17-/m1/s1. The van der Waals surface area contributed by atoms with Crippen LogP contribution in [0.15, 0.2) is 36.9 Å². The number of likely N-dealkylation sites (tertiary alicyclic amines) is 1. The van der Waals surface area contributed by atoms with Crippen LogP contribution in [0.3, 0.4) is 0 Å². The molecule has 1 heterocycles. The van der Waals surface area contributed by atoms with E-state index in [2.05, 4.69) is 11.9 Å². The zero-order valence-corrected chi connectivity index (χ0v) is 15.0. The Morgan fingerprint density at radius 2 is 2.04 bits per heavy atom. The molecule has 1 aromatic carbocycles. The fourth-order valence-corrected chi connectivity index (χ4v) is 3.00. The third-order valence-electron chi connectivity index (χ3n) is 4.42. The number of ether oxygens (including phenoxy) is 1. The highest BCUT2D eigenvalue weighted by atomic mass is 16.5. The predicted octanol–water partition coefficient (Wildman–Crippen LogP) is 3.22. The number of para-hydroxylation sites is 1. The number of hydrogen-bond donors (Lipinski definition) is 1. The number of amides is 2. The van der Waals surface area contributed by atoms with E-state index in [1.54, 1.807) is 6.08 Å². The van der Waals surface area contributed by atoms with Gasteiger partial charge in [-0.1, -0.05) is 31.2 Å². The normalized spacial score (nSPS) is 14.8. The van der Waals surface area contributed by atoms with Gasteiger partial charge in [-0.2, -0.15) is 0 Å². The van der Waals surface area contributed by atoms with Gasteiger partial charge in [-0.05, 0) is 31.7 Å². The van der Waals surface area contributed by atoms with E-state index >= 15 is 0 Å². The molecule has 0 radical (unpaired) electrons. The van der Waals surface area contributed by atoms with Gasteiger partial charge in [0.05, 0.1) is 6.04 Å². The molecule has 5 heteroatoms. The minimum Gasteiger partial charge on any atom is -0.483 e. The molecule has 1 aromatic rings. The quantitative estimate of drug-likeness (QED) is 0.700. The van der Waals surface area contributed by atoms with Crippen LogP contribution in [0.25, 0.3) is 0 Å². The number of nitrogens with zero attached hydrogens (tertiary/aromatic N) is 1. The SMILES string of the molecule is C=CCCC(=O)N[C@H](CC)c1ccccc1OCC(=O)N1CCCC1. The Morgan fingerprint density at radius 1 is 1.32 bits per heavy atom. The fourth-order valence-electron chi connectivity index (χ4n) is 3.00. The lowest BCUT2D eigenvalue weighted by Crippen LogP contribution is -2.32. The predicted molar refractivity (Wildman–Crippen MR) is 98.4 cm³/mol. The van der Waals surface area contributed by atoms with Crippen LogP contribution >= 0.6 is 0 Å². The Hall–Kier alpha value is -2.30. The summed E-state index contributed by atoms with van der Waals surface area (Å²) in [5, 5.41) is 3.04. The molecule has 1 fully saturated rings. The molecule has 0 unspecified atom stereocenters. The number of benzene rings is 1. The van der Waals surface area contributed by atoms with Crippen molar-refractivity contribution in [2.24, 2.45) is 0 Å². The number of allylic oxidation sites excluding steroid dienone is 1. The second kappa shape index (κ2) is 9.87. The molecule has 0 bridgehead atoms. The molecule has 1 aliphatic rings. The lowest BCUT2D eigenvalue weighted by molar-refractivity contribution is -0.132. The largest absolute Gasteiger partial charge is 0.483 e. The van der Waals surface area contributed by atoms with Crippen molar-refractivity contribution < 1.29 is 14.3 Å². The lowest BCUT2D eigenvalue weighted by Gasteiger charge is -2.21. The van der Waals surface area contributed by atoms with Gasteiger partial charge in [0.15, 0.2) is 6.61 Å². The van der Waals surface area contributed by atoms with Gasteiger partial charge in [0.1, 0.15) is 5.75 Å². The van der Waals surface area contributed by atoms with E-state index < -0.39 is 0 Å². The zero-order valence-electron chi connectivity index (χ0n) is 15.0. The Morgan fingerprint density at radius 3 is 2.72 bits per heavy atom. The topological polar surface area (TPSA) is 58.6 Å². The average molecular weight is 344 g/mol. The number of carbonyl (C=O) groups is 2. The van der Waals surface area contributed by atoms with Crippen LogP contribution in [0.4, 0.5) is 0 Å². The Kier molecular flexibility index (Phi) is 7.51. The molecule has 2 rings (SSSR count). The summed E-state index contributed by atoms with van der Waals surface area (Å²) >= 11 is 0. The van der Waals surface area contributed by atoms with Crippen molar-refractivity contribution in [3.63, 3.8) is 0 Å². The van der Waals surface area contributed by atoms with Crippen molar-refractivity contribution in [1.82, 2.24) is 10.2 Å². The van der Waals surface area contributed by atoms with E-state index in [4.69, 9.17) is 4.74 Å². The Balaban J connectivity index is 2.00. The summed E-state index contributed by atoms with van der Waals surface area (Å²) in [7, 11) is 0. The highest BCUT2D eigenvalue weighted by Crippen LogP contribution is 2.27. The first kappa shape index (κ1) is 19.0. The summed E-state index contributed by atoms with van der Waals surface area (Å²) in [5.41, 5.74) is 0.908. The first-order chi connectivity index (χ1) is 12.2. The molecule has 136 valence electrons. The van der Waals surface area contributed by atoms with Crippen LogP contribution in [0.2, 0.25) is 0 Å². The van der Waals surface area contributed by atoms with Crippen LogP contribution in [-0.2, 0) is 9.59 Å². The van der Waals surface area contributed by atoms with Crippen LogP contribution < -0.4 is 10.1 Å². The number of nitrogens with one attached hydrogen (secondary N) is 1. The molecule has 5 nitrogen and oxygen atoms in total. The summed E-state index contributed by atoms with van der Waals surface area (Å²) in [6, 6.07) is 7.47. The summed E-state index contributed by atoms with van der Waals surface area (Å²) in [5.74, 6) is 0.677. The van der Waals surface area contributed by atoms with E-state index in [9.17, 15) is 9.59 Å². The van der Waals surface area contributed by atoms with E-state index in [1.165, 1.54) is 0 Å². The van der Waals surface area contributed by atoms with Crippen molar-refractivity contribution in [3.8, 4) is 5.75 Å².